The van der Waals surface area contributed by atoms with Gasteiger partial charge >= 0.3 is 0 Å². The molecule has 0 unspecified atom stereocenters. The minimum Gasteiger partial charge on any atom is -0.544 e. The minimum absolute atomic E-state index is 0.844. The summed E-state index contributed by atoms with van der Waals surface area (Å²) in [6.07, 6.45) is 0. The maximum atomic E-state index is 6.03. The second-order valence-corrected chi connectivity index (χ2v) is 13.7. The SMILES string of the molecule is C/C(=N/c1ccc(O[Si](C)(C)C)cc1)c1cccc(/C(C)=N/c2c(C)cc(C)cc2C)n1. The van der Waals surface area contributed by atoms with E-state index in [1.165, 1.54) is 16.7 Å². The van der Waals surface area contributed by atoms with E-state index in [9.17, 15) is 0 Å². The first kappa shape index (κ1) is 23.6. The van der Waals surface area contributed by atoms with Crippen LogP contribution in [0.15, 0.2) is 64.6 Å². The third kappa shape index (κ3) is 6.23. The lowest BCUT2D eigenvalue weighted by Gasteiger charge is -2.18. The Morgan fingerprint density at radius 1 is 0.781 bits per heavy atom. The molecule has 5 heteroatoms. The smallest absolute Gasteiger partial charge is 0.242 e. The van der Waals surface area contributed by atoms with Crippen LogP contribution in [0.4, 0.5) is 11.4 Å². The molecule has 1 heterocycles. The Kier molecular flexibility index (Phi) is 7.09. The summed E-state index contributed by atoms with van der Waals surface area (Å²) in [4.78, 5) is 14.5. The number of hydrogen-bond acceptors (Lipinski definition) is 4. The van der Waals surface area contributed by atoms with E-state index in [4.69, 9.17) is 19.4 Å². The Labute approximate surface area is 193 Å². The molecule has 0 fully saturated rings. The molecular weight excluding hydrogens is 410 g/mol. The predicted octanol–water partition coefficient (Wildman–Crippen LogP) is 7.50. The van der Waals surface area contributed by atoms with Gasteiger partial charge in [-0.2, -0.15) is 0 Å². The molecule has 32 heavy (non-hydrogen) atoms. The molecule has 0 aliphatic rings. The van der Waals surface area contributed by atoms with Crippen molar-refractivity contribution in [1.29, 1.82) is 0 Å². The molecule has 0 spiro atoms. The summed E-state index contributed by atoms with van der Waals surface area (Å²) in [5, 5.41) is 0. The van der Waals surface area contributed by atoms with E-state index in [-0.39, 0.29) is 0 Å². The highest BCUT2D eigenvalue weighted by molar-refractivity contribution is 6.70. The summed E-state index contributed by atoms with van der Waals surface area (Å²) in [6, 6.07) is 18.3. The van der Waals surface area contributed by atoms with Crippen molar-refractivity contribution in [3.63, 3.8) is 0 Å². The van der Waals surface area contributed by atoms with Gasteiger partial charge in [-0.1, -0.05) is 23.8 Å². The summed E-state index contributed by atoms with van der Waals surface area (Å²) in [6.45, 7) is 16.8. The topological polar surface area (TPSA) is 46.8 Å². The Morgan fingerprint density at radius 2 is 1.31 bits per heavy atom. The summed E-state index contributed by atoms with van der Waals surface area (Å²) < 4.78 is 6.03. The van der Waals surface area contributed by atoms with E-state index in [0.29, 0.717) is 0 Å². The predicted molar refractivity (Wildman–Crippen MR) is 139 cm³/mol. The molecule has 1 aromatic heterocycles. The first-order chi connectivity index (χ1) is 15.0. The zero-order chi connectivity index (χ0) is 23.5. The van der Waals surface area contributed by atoms with Gasteiger partial charge in [-0.15, -0.1) is 0 Å². The van der Waals surface area contributed by atoms with Crippen molar-refractivity contribution < 1.29 is 4.43 Å². The molecule has 166 valence electrons. The first-order valence-corrected chi connectivity index (χ1v) is 14.4. The molecule has 3 rings (SSSR count). The number of pyridine rings is 1. The van der Waals surface area contributed by atoms with Crippen molar-refractivity contribution in [2.45, 2.75) is 54.3 Å². The molecule has 4 nitrogen and oxygen atoms in total. The maximum Gasteiger partial charge on any atom is 0.242 e. The summed E-state index contributed by atoms with van der Waals surface area (Å²) in [5.41, 5.74) is 8.97. The number of aromatic nitrogens is 1. The third-order valence-corrected chi connectivity index (χ3v) is 5.81. The van der Waals surface area contributed by atoms with Crippen LogP contribution in [-0.4, -0.2) is 24.7 Å². The average Bonchev–Trinajstić information content (AvgIpc) is 2.71. The van der Waals surface area contributed by atoms with E-state index < -0.39 is 8.32 Å². The summed E-state index contributed by atoms with van der Waals surface area (Å²) in [5.74, 6) is 0.898. The standard InChI is InChI=1S/C27H33N3OSi/c1-18-16-19(2)27(20(3)17-18)29-22(5)26-11-9-10-25(30-26)21(4)28-23-12-14-24(15-13-23)31-32(6,7)8/h9-17H,1-8H3/b28-21-,29-22+. The second-order valence-electron chi connectivity index (χ2n) is 9.26. The van der Waals surface area contributed by atoms with Crippen molar-refractivity contribution in [2.24, 2.45) is 9.98 Å². The Hall–Kier alpha value is -3.05. The van der Waals surface area contributed by atoms with Crippen molar-refractivity contribution in [2.75, 3.05) is 0 Å². The van der Waals surface area contributed by atoms with E-state index in [2.05, 4.69) is 52.5 Å². The Bertz CT molecular complexity index is 1150. The summed E-state index contributed by atoms with van der Waals surface area (Å²) in [7, 11) is -1.61. The monoisotopic (exact) mass is 443 g/mol. The zero-order valence-electron chi connectivity index (χ0n) is 20.4. The lowest BCUT2D eigenvalue weighted by atomic mass is 10.1. The van der Waals surface area contributed by atoms with Crippen LogP contribution in [0.3, 0.4) is 0 Å². The van der Waals surface area contributed by atoms with E-state index >= 15 is 0 Å². The van der Waals surface area contributed by atoms with Crippen LogP contribution in [0.1, 0.15) is 41.9 Å². The molecule has 0 saturated heterocycles. The molecule has 0 aliphatic heterocycles. The Morgan fingerprint density at radius 3 is 1.84 bits per heavy atom. The van der Waals surface area contributed by atoms with Gasteiger partial charge in [-0.05, 0) is 102 Å². The van der Waals surface area contributed by atoms with E-state index in [0.717, 1.165) is 39.9 Å². The number of nitrogens with zero attached hydrogens (tertiary/aromatic N) is 3. The van der Waals surface area contributed by atoms with E-state index in [1.807, 2.05) is 56.3 Å². The number of hydrogen-bond donors (Lipinski definition) is 0. The molecule has 3 aromatic rings. The highest BCUT2D eigenvalue weighted by atomic mass is 28.4. The van der Waals surface area contributed by atoms with Crippen LogP contribution in [0.5, 0.6) is 5.75 Å². The molecule has 0 bridgehead atoms. The largest absolute Gasteiger partial charge is 0.544 e. The number of rotatable bonds is 6. The average molecular weight is 444 g/mol. The Balaban J connectivity index is 1.85. The molecule has 2 aromatic carbocycles. The van der Waals surface area contributed by atoms with Gasteiger partial charge in [0.1, 0.15) is 5.75 Å². The lowest BCUT2D eigenvalue weighted by Crippen LogP contribution is -2.29. The minimum atomic E-state index is -1.61. The highest BCUT2D eigenvalue weighted by Crippen LogP contribution is 2.26. The van der Waals surface area contributed by atoms with Crippen LogP contribution >= 0.6 is 0 Å². The molecule has 0 N–H and O–H groups in total. The van der Waals surface area contributed by atoms with Gasteiger partial charge < -0.3 is 4.43 Å². The third-order valence-electron chi connectivity index (χ3n) is 4.96. The molecule has 0 saturated carbocycles. The van der Waals surface area contributed by atoms with Crippen LogP contribution < -0.4 is 4.43 Å². The quantitative estimate of drug-likeness (QED) is 0.292. The van der Waals surface area contributed by atoms with Crippen molar-refractivity contribution in [3.05, 3.63) is 82.7 Å². The fraction of sp³-hybridized carbons (Fsp3) is 0.296. The normalized spacial score (nSPS) is 12.8. The molecule has 0 atom stereocenters. The van der Waals surface area contributed by atoms with Gasteiger partial charge in [0.15, 0.2) is 0 Å². The van der Waals surface area contributed by atoms with Gasteiger partial charge in [-0.3, -0.25) is 9.98 Å². The highest BCUT2D eigenvalue weighted by Gasteiger charge is 2.16. The van der Waals surface area contributed by atoms with Gasteiger partial charge in [0, 0.05) is 0 Å². The van der Waals surface area contributed by atoms with Gasteiger partial charge in [-0.25, -0.2) is 4.98 Å². The van der Waals surface area contributed by atoms with Gasteiger partial charge in [0.2, 0.25) is 8.32 Å². The lowest BCUT2D eigenvalue weighted by molar-refractivity contribution is 0.558. The second kappa shape index (κ2) is 9.61. The van der Waals surface area contributed by atoms with Crippen molar-refractivity contribution in [3.8, 4) is 5.75 Å². The van der Waals surface area contributed by atoms with Crippen molar-refractivity contribution >= 4 is 31.1 Å². The van der Waals surface area contributed by atoms with Crippen molar-refractivity contribution in [1.82, 2.24) is 4.98 Å². The first-order valence-electron chi connectivity index (χ1n) is 11.0. The van der Waals surface area contributed by atoms with Crippen LogP contribution in [0.2, 0.25) is 19.6 Å². The number of aryl methyl sites for hydroxylation is 3. The molecule has 0 amide bonds. The van der Waals surface area contributed by atoms with E-state index in [1.54, 1.807) is 0 Å². The van der Waals surface area contributed by atoms with Crippen LogP contribution in [-0.2, 0) is 0 Å². The summed E-state index contributed by atoms with van der Waals surface area (Å²) >= 11 is 0. The number of aliphatic imine (C=N–C) groups is 2. The fourth-order valence-corrected chi connectivity index (χ4v) is 4.45. The fourth-order valence-electron chi connectivity index (χ4n) is 3.60. The van der Waals surface area contributed by atoms with Gasteiger partial charge in [0.05, 0.1) is 34.2 Å². The maximum absolute atomic E-state index is 6.03. The number of benzene rings is 2. The zero-order valence-corrected chi connectivity index (χ0v) is 21.4. The molecule has 0 aliphatic carbocycles. The van der Waals surface area contributed by atoms with Crippen LogP contribution in [0, 0.1) is 20.8 Å². The van der Waals surface area contributed by atoms with Gasteiger partial charge in [0.25, 0.3) is 0 Å². The molecule has 0 radical (unpaired) electrons. The van der Waals surface area contributed by atoms with Crippen LogP contribution in [0.25, 0.3) is 0 Å². The molecular formula is C27H33N3OSi.